The normalized spacial score (nSPS) is 12.3. The van der Waals surface area contributed by atoms with Crippen LogP contribution in [0.1, 0.15) is 19.8 Å². The molecular weight excluding hydrogens is 371 g/mol. The second-order valence-electron chi connectivity index (χ2n) is 4.56. The molecule has 0 radical (unpaired) electrons. The highest BCUT2D eigenvalue weighted by atomic mass is 127. The van der Waals surface area contributed by atoms with Crippen molar-refractivity contribution in [3.63, 3.8) is 0 Å². The summed E-state index contributed by atoms with van der Waals surface area (Å²) in [6.45, 7) is 2.49. The van der Waals surface area contributed by atoms with Crippen LogP contribution < -0.4 is 0 Å². The third-order valence-corrected chi connectivity index (χ3v) is 3.83. The summed E-state index contributed by atoms with van der Waals surface area (Å²) in [4.78, 5) is 10.8. The fourth-order valence-electron chi connectivity index (χ4n) is 1.96. The number of aromatic nitrogens is 4. The van der Waals surface area contributed by atoms with Gasteiger partial charge in [-0.05, 0) is 51.1 Å². The zero-order valence-electron chi connectivity index (χ0n) is 11.0. The first-order valence-electron chi connectivity index (χ1n) is 6.34. The van der Waals surface area contributed by atoms with Crippen LogP contribution >= 0.6 is 22.6 Å². The fraction of sp³-hybridized carbons (Fsp3) is 0.385. The van der Waals surface area contributed by atoms with Crippen LogP contribution in [-0.4, -0.2) is 31.3 Å². The van der Waals surface area contributed by atoms with Gasteiger partial charge in [-0.1, -0.05) is 25.5 Å². The van der Waals surface area contributed by atoms with E-state index in [1.807, 2.05) is 31.2 Å². The highest BCUT2D eigenvalue weighted by Gasteiger charge is 2.16. The molecule has 0 saturated carbocycles. The van der Waals surface area contributed by atoms with Gasteiger partial charge >= 0.3 is 5.97 Å². The Morgan fingerprint density at radius 1 is 1.40 bits per heavy atom. The van der Waals surface area contributed by atoms with Gasteiger partial charge in [0.1, 0.15) is 0 Å². The van der Waals surface area contributed by atoms with Crippen molar-refractivity contribution in [2.45, 2.75) is 26.3 Å². The lowest BCUT2D eigenvalue weighted by Crippen LogP contribution is -2.16. The third kappa shape index (κ3) is 3.75. The number of nitrogens with zero attached hydrogens (tertiary/aromatic N) is 4. The monoisotopic (exact) mass is 386 g/mol. The van der Waals surface area contributed by atoms with Gasteiger partial charge in [-0.15, -0.1) is 5.10 Å². The van der Waals surface area contributed by atoms with Crippen LogP contribution in [-0.2, 0) is 11.3 Å². The van der Waals surface area contributed by atoms with Gasteiger partial charge in [-0.25, -0.2) is 4.68 Å². The van der Waals surface area contributed by atoms with E-state index in [1.165, 1.54) is 0 Å². The SMILES string of the molecule is CCC(CC(=O)O)Cn1nnnc1-c1ccc(I)cc1. The largest absolute Gasteiger partial charge is 0.481 e. The summed E-state index contributed by atoms with van der Waals surface area (Å²) in [7, 11) is 0. The minimum absolute atomic E-state index is 0.0265. The van der Waals surface area contributed by atoms with Crippen molar-refractivity contribution >= 4 is 28.6 Å². The van der Waals surface area contributed by atoms with Gasteiger partial charge < -0.3 is 5.11 Å². The number of hydrogen-bond donors (Lipinski definition) is 1. The number of halogens is 1. The molecule has 2 rings (SSSR count). The molecule has 0 aliphatic carbocycles. The number of tetrazole rings is 1. The molecule has 0 fully saturated rings. The molecule has 1 heterocycles. The molecular formula is C13H15IN4O2. The van der Waals surface area contributed by atoms with Crippen LogP contribution in [0.15, 0.2) is 24.3 Å². The van der Waals surface area contributed by atoms with Crippen LogP contribution in [0.4, 0.5) is 0 Å². The molecule has 0 spiro atoms. The van der Waals surface area contributed by atoms with E-state index in [-0.39, 0.29) is 12.3 Å². The molecule has 1 aromatic carbocycles. The minimum atomic E-state index is -0.791. The van der Waals surface area contributed by atoms with Crippen LogP contribution in [0.3, 0.4) is 0 Å². The lowest BCUT2D eigenvalue weighted by Gasteiger charge is -2.13. The highest BCUT2D eigenvalue weighted by Crippen LogP contribution is 2.19. The Bertz CT molecular complexity index is 582. The van der Waals surface area contributed by atoms with E-state index in [9.17, 15) is 4.79 Å². The van der Waals surface area contributed by atoms with Crippen LogP contribution in [0.5, 0.6) is 0 Å². The predicted molar refractivity (Wildman–Crippen MR) is 82.0 cm³/mol. The minimum Gasteiger partial charge on any atom is -0.481 e. The van der Waals surface area contributed by atoms with Crippen molar-refractivity contribution in [3.05, 3.63) is 27.8 Å². The molecule has 0 aliphatic heterocycles. The lowest BCUT2D eigenvalue weighted by molar-refractivity contribution is -0.138. The quantitative estimate of drug-likeness (QED) is 0.772. The zero-order valence-corrected chi connectivity index (χ0v) is 13.2. The topological polar surface area (TPSA) is 80.9 Å². The number of hydrogen-bond acceptors (Lipinski definition) is 4. The number of carboxylic acid groups (broad SMARTS) is 1. The molecule has 0 aliphatic rings. The van der Waals surface area contributed by atoms with E-state index >= 15 is 0 Å². The number of carboxylic acids is 1. The first kappa shape index (κ1) is 14.9. The average molecular weight is 386 g/mol. The number of benzene rings is 1. The van der Waals surface area contributed by atoms with Crippen LogP contribution in [0.25, 0.3) is 11.4 Å². The first-order chi connectivity index (χ1) is 9.60. The molecule has 7 heteroatoms. The van der Waals surface area contributed by atoms with E-state index < -0.39 is 5.97 Å². The van der Waals surface area contributed by atoms with Crippen molar-refractivity contribution in [3.8, 4) is 11.4 Å². The first-order valence-corrected chi connectivity index (χ1v) is 7.42. The summed E-state index contributed by atoms with van der Waals surface area (Å²) in [6.07, 6.45) is 0.904. The van der Waals surface area contributed by atoms with Gasteiger partial charge in [0, 0.05) is 22.1 Å². The van der Waals surface area contributed by atoms with Crippen molar-refractivity contribution in [2.24, 2.45) is 5.92 Å². The third-order valence-electron chi connectivity index (χ3n) is 3.11. The van der Waals surface area contributed by atoms with Gasteiger partial charge in [0.05, 0.1) is 0 Å². The molecule has 1 aromatic heterocycles. The van der Waals surface area contributed by atoms with Crippen molar-refractivity contribution in [1.82, 2.24) is 20.2 Å². The van der Waals surface area contributed by atoms with Gasteiger partial charge in [-0.2, -0.15) is 0 Å². The smallest absolute Gasteiger partial charge is 0.303 e. The van der Waals surface area contributed by atoms with Gasteiger partial charge in [0.15, 0.2) is 5.82 Å². The molecule has 0 saturated heterocycles. The van der Waals surface area contributed by atoms with E-state index in [2.05, 4.69) is 38.1 Å². The molecule has 20 heavy (non-hydrogen) atoms. The summed E-state index contributed by atoms with van der Waals surface area (Å²) >= 11 is 2.24. The Morgan fingerprint density at radius 2 is 2.10 bits per heavy atom. The molecule has 2 aromatic rings. The van der Waals surface area contributed by atoms with Crippen LogP contribution in [0.2, 0.25) is 0 Å². The molecule has 1 atom stereocenters. The summed E-state index contributed by atoms with van der Waals surface area (Å²) in [6, 6.07) is 7.90. The molecule has 1 N–H and O–H groups in total. The van der Waals surface area contributed by atoms with E-state index in [0.717, 1.165) is 15.6 Å². The fourth-order valence-corrected chi connectivity index (χ4v) is 2.32. The maximum absolute atomic E-state index is 10.8. The lowest BCUT2D eigenvalue weighted by atomic mass is 10.0. The molecule has 0 bridgehead atoms. The summed E-state index contributed by atoms with van der Waals surface area (Å²) in [5, 5.41) is 20.6. The van der Waals surface area contributed by atoms with E-state index in [1.54, 1.807) is 4.68 Å². The Morgan fingerprint density at radius 3 is 2.70 bits per heavy atom. The zero-order chi connectivity index (χ0) is 14.5. The van der Waals surface area contributed by atoms with E-state index in [0.29, 0.717) is 12.4 Å². The van der Waals surface area contributed by atoms with E-state index in [4.69, 9.17) is 5.11 Å². The number of aliphatic carboxylic acids is 1. The van der Waals surface area contributed by atoms with Crippen molar-refractivity contribution < 1.29 is 9.90 Å². The number of carbonyl (C=O) groups is 1. The molecule has 6 nitrogen and oxygen atoms in total. The Labute approximate surface area is 130 Å². The summed E-state index contributed by atoms with van der Waals surface area (Å²) in [5.41, 5.74) is 0.931. The van der Waals surface area contributed by atoms with Crippen LogP contribution in [0, 0.1) is 9.49 Å². The Kier molecular flexibility index (Phi) is 5.05. The molecule has 106 valence electrons. The van der Waals surface area contributed by atoms with Crippen molar-refractivity contribution in [2.75, 3.05) is 0 Å². The van der Waals surface area contributed by atoms with Crippen molar-refractivity contribution in [1.29, 1.82) is 0 Å². The van der Waals surface area contributed by atoms with Gasteiger partial charge in [0.25, 0.3) is 0 Å². The Balaban J connectivity index is 2.19. The molecule has 0 amide bonds. The predicted octanol–water partition coefficient (Wildman–Crippen LogP) is 2.45. The standard InChI is InChI=1S/C13H15IN4O2/c1-2-9(7-12(19)20)8-18-13(15-16-17-18)10-3-5-11(14)6-4-10/h3-6,9H,2,7-8H2,1H3,(H,19,20). The second kappa shape index (κ2) is 6.78. The summed E-state index contributed by atoms with van der Waals surface area (Å²) < 4.78 is 2.82. The van der Waals surface area contributed by atoms with Gasteiger partial charge in [-0.3, -0.25) is 4.79 Å². The average Bonchev–Trinajstić information content (AvgIpc) is 2.86. The number of rotatable bonds is 6. The van der Waals surface area contributed by atoms with Gasteiger partial charge in [0.2, 0.25) is 0 Å². The second-order valence-corrected chi connectivity index (χ2v) is 5.81. The maximum Gasteiger partial charge on any atom is 0.303 e. The maximum atomic E-state index is 10.8. The Hall–Kier alpha value is -1.51. The molecule has 1 unspecified atom stereocenters. The highest BCUT2D eigenvalue weighted by molar-refractivity contribution is 14.1. The summed E-state index contributed by atoms with van der Waals surface area (Å²) in [5.74, 6) is -0.0930.